The number of carbonyl (C=O) groups is 5. The highest BCUT2D eigenvalue weighted by atomic mass is 19.1. The number of Topliss-reactive ketones (excluding diaryl/α,β-unsaturated/α-hetero) is 1. The smallest absolute Gasteiger partial charge is 0.311 e. The van der Waals surface area contributed by atoms with Crippen molar-refractivity contribution in [3.8, 4) is 0 Å². The lowest BCUT2D eigenvalue weighted by Crippen LogP contribution is -2.65. The Morgan fingerprint density at radius 1 is 1.18 bits per heavy atom. The third-order valence-corrected chi connectivity index (χ3v) is 7.64. The first-order chi connectivity index (χ1) is 17.9. The van der Waals surface area contributed by atoms with Crippen LogP contribution in [0.4, 0.5) is 4.39 Å². The SMILES string of the molecule is COCC12CCC(NC(=O)C(=O)N(C)C)(CC1)C1=NC(C(=O)NCc3ccc(F)c(C)c3)C(=O)C(=O)N1C2. The molecular formula is C26H32FN5O6. The Morgan fingerprint density at radius 2 is 1.87 bits per heavy atom. The molecule has 3 heterocycles. The third-order valence-electron chi connectivity index (χ3n) is 7.64. The Bertz CT molecular complexity index is 1220. The fourth-order valence-corrected chi connectivity index (χ4v) is 5.48. The van der Waals surface area contributed by atoms with E-state index in [1.54, 1.807) is 20.1 Å². The number of benzene rings is 1. The first kappa shape index (κ1) is 27.4. The van der Waals surface area contributed by atoms with Gasteiger partial charge in [0.15, 0.2) is 6.04 Å². The van der Waals surface area contributed by atoms with Crippen LogP contribution in [-0.2, 0) is 35.3 Å². The summed E-state index contributed by atoms with van der Waals surface area (Å²) in [5, 5.41) is 5.40. The van der Waals surface area contributed by atoms with E-state index in [1.807, 2.05) is 0 Å². The van der Waals surface area contributed by atoms with Crippen LogP contribution >= 0.6 is 0 Å². The van der Waals surface area contributed by atoms with E-state index in [9.17, 15) is 28.4 Å². The minimum atomic E-state index is -1.65. The van der Waals surface area contributed by atoms with Gasteiger partial charge in [-0.1, -0.05) is 12.1 Å². The number of halogens is 1. The van der Waals surface area contributed by atoms with Crippen LogP contribution in [0.15, 0.2) is 23.2 Å². The topological polar surface area (TPSA) is 137 Å². The number of methoxy groups -OCH3 is 1. The first-order valence-corrected chi connectivity index (χ1v) is 12.4. The summed E-state index contributed by atoms with van der Waals surface area (Å²) in [4.78, 5) is 71.6. The van der Waals surface area contributed by atoms with E-state index in [4.69, 9.17) is 4.74 Å². The maximum Gasteiger partial charge on any atom is 0.311 e. The predicted molar refractivity (Wildman–Crippen MR) is 133 cm³/mol. The van der Waals surface area contributed by atoms with E-state index in [0.29, 0.717) is 43.4 Å². The molecule has 11 nitrogen and oxygen atoms in total. The van der Waals surface area contributed by atoms with Crippen molar-refractivity contribution in [2.45, 2.75) is 50.7 Å². The summed E-state index contributed by atoms with van der Waals surface area (Å²) in [6, 6.07) is 2.71. The molecule has 0 aromatic heterocycles. The van der Waals surface area contributed by atoms with Crippen molar-refractivity contribution in [1.29, 1.82) is 0 Å². The summed E-state index contributed by atoms with van der Waals surface area (Å²) >= 11 is 0. The van der Waals surface area contributed by atoms with Crippen molar-refractivity contribution in [2.24, 2.45) is 10.4 Å². The van der Waals surface area contributed by atoms with Gasteiger partial charge in [-0.15, -0.1) is 0 Å². The number of hydrogen-bond donors (Lipinski definition) is 2. The molecule has 0 radical (unpaired) electrons. The molecule has 5 rings (SSSR count). The van der Waals surface area contributed by atoms with Gasteiger partial charge < -0.3 is 20.3 Å². The van der Waals surface area contributed by atoms with Gasteiger partial charge in [0.05, 0.1) is 12.1 Å². The van der Waals surface area contributed by atoms with E-state index in [0.717, 1.165) is 4.90 Å². The van der Waals surface area contributed by atoms with E-state index in [-0.39, 0.29) is 24.7 Å². The maximum atomic E-state index is 13.6. The van der Waals surface area contributed by atoms with Crippen LogP contribution in [0.2, 0.25) is 0 Å². The number of carbonyl (C=O) groups excluding carboxylic acids is 5. The molecule has 38 heavy (non-hydrogen) atoms. The van der Waals surface area contributed by atoms with Crippen molar-refractivity contribution in [3.63, 3.8) is 0 Å². The number of ether oxygens (including phenoxy) is 1. The Hall–Kier alpha value is -3.67. The van der Waals surface area contributed by atoms with Crippen molar-refractivity contribution in [1.82, 2.24) is 20.4 Å². The number of amides is 4. The molecule has 4 aliphatic rings. The maximum absolute atomic E-state index is 13.6. The fraction of sp³-hybridized carbons (Fsp3) is 0.538. The molecule has 1 saturated carbocycles. The van der Waals surface area contributed by atoms with Gasteiger partial charge in [-0.2, -0.15) is 0 Å². The van der Waals surface area contributed by atoms with Crippen molar-refractivity contribution in [3.05, 3.63) is 35.1 Å². The first-order valence-electron chi connectivity index (χ1n) is 12.4. The van der Waals surface area contributed by atoms with Crippen LogP contribution in [0.1, 0.15) is 36.8 Å². The number of likely N-dealkylation sites (N-methyl/N-ethyl adjacent to an activating group) is 1. The molecule has 0 spiro atoms. The fourth-order valence-electron chi connectivity index (χ4n) is 5.48. The van der Waals surface area contributed by atoms with Gasteiger partial charge in [0.1, 0.15) is 11.7 Å². The summed E-state index contributed by atoms with van der Waals surface area (Å²) in [6.07, 6.45) is 1.80. The van der Waals surface area contributed by atoms with Crippen molar-refractivity contribution >= 4 is 35.2 Å². The van der Waals surface area contributed by atoms with E-state index in [2.05, 4.69) is 15.6 Å². The van der Waals surface area contributed by atoms with Gasteiger partial charge in [-0.3, -0.25) is 28.9 Å². The number of aliphatic imine (C=N–C) groups is 1. The second-order valence-electron chi connectivity index (χ2n) is 10.6. The summed E-state index contributed by atoms with van der Waals surface area (Å²) in [7, 11) is 4.46. The Kier molecular flexibility index (Phi) is 7.37. The minimum absolute atomic E-state index is 0.00264. The molecular weight excluding hydrogens is 497 g/mol. The molecule has 204 valence electrons. The Labute approximate surface area is 219 Å². The minimum Gasteiger partial charge on any atom is -0.384 e. The summed E-state index contributed by atoms with van der Waals surface area (Å²) in [5.74, 6) is -4.57. The quantitative estimate of drug-likeness (QED) is 0.396. The number of rotatable bonds is 6. The molecule has 3 aliphatic heterocycles. The summed E-state index contributed by atoms with van der Waals surface area (Å²) in [5.41, 5.74) is -0.654. The molecule has 1 atom stereocenters. The Balaban J connectivity index is 1.68. The molecule has 2 N–H and O–H groups in total. The lowest BCUT2D eigenvalue weighted by atomic mass is 9.69. The molecule has 2 bridgehead atoms. The number of hydrogen-bond acceptors (Lipinski definition) is 7. The largest absolute Gasteiger partial charge is 0.384 e. The van der Waals surface area contributed by atoms with Gasteiger partial charge in [-0.25, -0.2) is 9.38 Å². The highest BCUT2D eigenvalue weighted by molar-refractivity contribution is 6.46. The number of amidine groups is 1. The van der Waals surface area contributed by atoms with E-state index >= 15 is 0 Å². The number of nitrogens with zero attached hydrogens (tertiary/aromatic N) is 3. The number of ketones is 1. The molecule has 3 fully saturated rings. The van der Waals surface area contributed by atoms with Crippen LogP contribution in [0, 0.1) is 18.2 Å². The van der Waals surface area contributed by atoms with E-state index < -0.39 is 46.4 Å². The second kappa shape index (κ2) is 10.2. The average Bonchev–Trinajstić information content (AvgIpc) is 3.09. The predicted octanol–water partition coefficient (Wildman–Crippen LogP) is 0.0923. The van der Waals surface area contributed by atoms with Gasteiger partial charge in [0.25, 0.3) is 17.6 Å². The summed E-state index contributed by atoms with van der Waals surface area (Å²) < 4.78 is 19.0. The molecule has 1 aromatic rings. The zero-order chi connectivity index (χ0) is 27.8. The highest BCUT2D eigenvalue weighted by Crippen LogP contribution is 2.47. The van der Waals surface area contributed by atoms with Gasteiger partial charge in [0, 0.05) is 39.7 Å². The van der Waals surface area contributed by atoms with Crippen molar-refractivity contribution in [2.75, 3.05) is 34.4 Å². The molecule has 12 heteroatoms. The normalized spacial score (nSPS) is 26.3. The van der Waals surface area contributed by atoms with Crippen molar-refractivity contribution < 1.29 is 33.1 Å². The lowest BCUT2D eigenvalue weighted by Gasteiger charge is -2.42. The van der Waals surface area contributed by atoms with Crippen LogP contribution < -0.4 is 10.6 Å². The lowest BCUT2D eigenvalue weighted by molar-refractivity contribution is -0.147. The molecule has 4 amide bonds. The van der Waals surface area contributed by atoms with Crippen LogP contribution in [0.5, 0.6) is 0 Å². The van der Waals surface area contributed by atoms with Crippen LogP contribution in [0.25, 0.3) is 0 Å². The number of fused-ring (bicyclic) bond motifs is 2. The van der Waals surface area contributed by atoms with Gasteiger partial charge in [0.2, 0.25) is 0 Å². The average molecular weight is 530 g/mol. The zero-order valence-electron chi connectivity index (χ0n) is 21.9. The van der Waals surface area contributed by atoms with Gasteiger partial charge in [-0.05, 0) is 49.8 Å². The molecule has 1 aliphatic carbocycles. The van der Waals surface area contributed by atoms with Crippen LogP contribution in [-0.4, -0.2) is 91.0 Å². The number of nitrogens with one attached hydrogen (secondary N) is 2. The monoisotopic (exact) mass is 529 g/mol. The molecule has 1 aromatic carbocycles. The second-order valence-corrected chi connectivity index (χ2v) is 10.6. The third kappa shape index (κ3) is 4.92. The summed E-state index contributed by atoms with van der Waals surface area (Å²) in [6.45, 7) is 2.08. The molecule has 2 saturated heterocycles. The standard InChI is InChI=1S/C26H32FN5O6/c1-15-11-16(5-6-17(15)27)12-28-20(34)18-19(33)22(36)32-13-25(14-38-4)7-9-26(10-8-25,24(32)29-18)30-21(35)23(37)31(2)3/h5-6,11,18H,7-10,12-14H2,1-4H3,(H,28,34)(H,30,35). The Morgan fingerprint density at radius 3 is 2.47 bits per heavy atom. The van der Waals surface area contributed by atoms with Crippen LogP contribution in [0.3, 0.4) is 0 Å². The zero-order valence-corrected chi connectivity index (χ0v) is 21.9. The number of aryl methyl sites for hydroxylation is 1. The highest BCUT2D eigenvalue weighted by Gasteiger charge is 2.57. The molecule has 1 unspecified atom stereocenters. The van der Waals surface area contributed by atoms with E-state index in [1.165, 1.54) is 31.1 Å². The van der Waals surface area contributed by atoms with Gasteiger partial charge >= 0.3 is 11.8 Å².